The first-order valence-corrected chi connectivity index (χ1v) is 7.35. The molecule has 1 aromatic rings. The second kappa shape index (κ2) is 7.11. The van der Waals surface area contributed by atoms with E-state index in [2.05, 4.69) is 9.47 Å². The second-order valence-corrected chi connectivity index (χ2v) is 5.50. The number of aryl methyl sites for hydroxylation is 1. The molecule has 1 aromatic carbocycles. The van der Waals surface area contributed by atoms with E-state index in [1.807, 2.05) is 0 Å². The van der Waals surface area contributed by atoms with Gasteiger partial charge < -0.3 is 14.4 Å². The third-order valence-corrected chi connectivity index (χ3v) is 3.51. The van der Waals surface area contributed by atoms with Crippen molar-refractivity contribution in [3.8, 4) is 5.75 Å². The molecule has 10 heteroatoms. The summed E-state index contributed by atoms with van der Waals surface area (Å²) < 4.78 is 81.7. The number of alkyl halides is 6. The zero-order valence-electron chi connectivity index (χ0n) is 13.1. The normalized spacial score (nSPS) is 16.4. The zero-order chi connectivity index (χ0) is 18.8. The Bertz CT molecular complexity index is 629. The van der Waals surface area contributed by atoms with Gasteiger partial charge in [0.25, 0.3) is 5.91 Å². The molecule has 140 valence electrons. The maximum absolute atomic E-state index is 12.3. The fourth-order valence-electron chi connectivity index (χ4n) is 2.51. The Kier molecular flexibility index (Phi) is 5.50. The lowest BCUT2D eigenvalue weighted by molar-refractivity contribution is -0.274. The van der Waals surface area contributed by atoms with Gasteiger partial charge in [-0.2, -0.15) is 13.2 Å². The molecule has 0 radical (unpaired) electrons. The van der Waals surface area contributed by atoms with Gasteiger partial charge in [0.1, 0.15) is 18.5 Å². The van der Waals surface area contributed by atoms with Crippen LogP contribution in [0, 0.1) is 0 Å². The summed E-state index contributed by atoms with van der Waals surface area (Å²) in [4.78, 5) is 13.5. The molecule has 2 rings (SSSR count). The SMILES string of the molecule is CC(OCC(F)(F)F)C(=O)N1CCCc2cc(OC(F)(F)F)ccc21. The molecule has 0 bridgehead atoms. The van der Waals surface area contributed by atoms with Crippen molar-refractivity contribution in [2.24, 2.45) is 0 Å². The lowest BCUT2D eigenvalue weighted by Gasteiger charge is -2.31. The summed E-state index contributed by atoms with van der Waals surface area (Å²) in [5.74, 6) is -1.10. The van der Waals surface area contributed by atoms with E-state index in [0.29, 0.717) is 24.1 Å². The highest BCUT2D eigenvalue weighted by Gasteiger charge is 2.34. The van der Waals surface area contributed by atoms with Gasteiger partial charge in [-0.3, -0.25) is 4.79 Å². The number of hydrogen-bond donors (Lipinski definition) is 0. The summed E-state index contributed by atoms with van der Waals surface area (Å²) in [6.07, 6.45) is -9.85. The minimum absolute atomic E-state index is 0.241. The second-order valence-electron chi connectivity index (χ2n) is 5.50. The maximum atomic E-state index is 12.3. The fraction of sp³-hybridized carbons (Fsp3) is 0.533. The van der Waals surface area contributed by atoms with Crippen molar-refractivity contribution >= 4 is 11.6 Å². The summed E-state index contributed by atoms with van der Waals surface area (Å²) in [7, 11) is 0. The summed E-state index contributed by atoms with van der Waals surface area (Å²) in [6, 6.07) is 3.51. The van der Waals surface area contributed by atoms with Gasteiger partial charge >= 0.3 is 12.5 Å². The molecule has 0 saturated carbocycles. The predicted molar refractivity (Wildman–Crippen MR) is 75.3 cm³/mol. The number of carbonyl (C=O) groups excluding carboxylic acids is 1. The molecule has 0 aromatic heterocycles. The molecule has 4 nitrogen and oxygen atoms in total. The van der Waals surface area contributed by atoms with Crippen LogP contribution in [0.5, 0.6) is 5.75 Å². The molecular weight excluding hydrogens is 356 g/mol. The number of halogens is 6. The van der Waals surface area contributed by atoms with Gasteiger partial charge in [0.2, 0.25) is 0 Å². The van der Waals surface area contributed by atoms with Gasteiger partial charge in [-0.25, -0.2) is 0 Å². The van der Waals surface area contributed by atoms with E-state index in [9.17, 15) is 31.1 Å². The summed E-state index contributed by atoms with van der Waals surface area (Å²) in [6.45, 7) is -0.118. The zero-order valence-corrected chi connectivity index (χ0v) is 13.1. The van der Waals surface area contributed by atoms with Gasteiger partial charge in [-0.15, -0.1) is 13.2 Å². The van der Waals surface area contributed by atoms with Crippen molar-refractivity contribution in [3.05, 3.63) is 23.8 Å². The summed E-state index contributed by atoms with van der Waals surface area (Å²) >= 11 is 0. The first-order chi connectivity index (χ1) is 11.5. The largest absolute Gasteiger partial charge is 0.573 e. The van der Waals surface area contributed by atoms with Crippen molar-refractivity contribution in [3.63, 3.8) is 0 Å². The molecule has 1 aliphatic rings. The Balaban J connectivity index is 2.14. The van der Waals surface area contributed by atoms with Crippen molar-refractivity contribution in [1.82, 2.24) is 0 Å². The van der Waals surface area contributed by atoms with Crippen molar-refractivity contribution < 1.29 is 40.6 Å². The van der Waals surface area contributed by atoms with E-state index in [1.54, 1.807) is 0 Å². The highest BCUT2D eigenvalue weighted by molar-refractivity contribution is 5.97. The Labute approximate surface area is 139 Å². The number of rotatable bonds is 4. The number of carbonyl (C=O) groups is 1. The molecule has 0 aliphatic carbocycles. The van der Waals surface area contributed by atoms with Gasteiger partial charge in [0.05, 0.1) is 0 Å². The van der Waals surface area contributed by atoms with Crippen LogP contribution >= 0.6 is 0 Å². The van der Waals surface area contributed by atoms with Crippen LogP contribution in [0.4, 0.5) is 32.0 Å². The van der Waals surface area contributed by atoms with Crippen LogP contribution in [0.1, 0.15) is 18.9 Å². The third-order valence-electron chi connectivity index (χ3n) is 3.51. The Hall–Kier alpha value is -1.97. The minimum Gasteiger partial charge on any atom is -0.406 e. The topological polar surface area (TPSA) is 38.8 Å². The Morgan fingerprint density at radius 2 is 1.92 bits per heavy atom. The van der Waals surface area contributed by atoms with E-state index in [0.717, 1.165) is 6.07 Å². The third kappa shape index (κ3) is 5.52. The van der Waals surface area contributed by atoms with E-state index >= 15 is 0 Å². The Morgan fingerprint density at radius 1 is 1.24 bits per heavy atom. The van der Waals surface area contributed by atoms with E-state index in [1.165, 1.54) is 24.0 Å². The monoisotopic (exact) mass is 371 g/mol. The van der Waals surface area contributed by atoms with E-state index in [-0.39, 0.29) is 6.54 Å². The predicted octanol–water partition coefficient (Wildman–Crippen LogP) is 3.83. The minimum atomic E-state index is -4.83. The number of ether oxygens (including phenoxy) is 2. The van der Waals surface area contributed by atoms with E-state index in [4.69, 9.17) is 0 Å². The smallest absolute Gasteiger partial charge is 0.406 e. The van der Waals surface area contributed by atoms with Gasteiger partial charge in [0.15, 0.2) is 0 Å². The molecule has 0 fully saturated rings. The molecule has 0 saturated heterocycles. The van der Waals surface area contributed by atoms with Gasteiger partial charge in [-0.05, 0) is 43.5 Å². The van der Waals surface area contributed by atoms with Crippen LogP contribution in [-0.2, 0) is 16.0 Å². The van der Waals surface area contributed by atoms with Crippen LogP contribution in [0.3, 0.4) is 0 Å². The molecule has 1 heterocycles. The molecule has 1 atom stereocenters. The molecule has 1 unspecified atom stereocenters. The number of amides is 1. The number of anilines is 1. The molecule has 25 heavy (non-hydrogen) atoms. The quantitative estimate of drug-likeness (QED) is 0.755. The van der Waals surface area contributed by atoms with Crippen LogP contribution in [0.2, 0.25) is 0 Å². The van der Waals surface area contributed by atoms with Crippen LogP contribution in [-0.4, -0.2) is 37.7 Å². The molecule has 1 amide bonds. The molecule has 0 N–H and O–H groups in total. The van der Waals surface area contributed by atoms with Crippen molar-refractivity contribution in [2.75, 3.05) is 18.1 Å². The summed E-state index contributed by atoms with van der Waals surface area (Å²) in [5.41, 5.74) is 0.789. The van der Waals surface area contributed by atoms with Crippen molar-refractivity contribution in [1.29, 1.82) is 0 Å². The van der Waals surface area contributed by atoms with Crippen LogP contribution < -0.4 is 9.64 Å². The fourth-order valence-corrected chi connectivity index (χ4v) is 2.51. The van der Waals surface area contributed by atoms with Crippen LogP contribution in [0.15, 0.2) is 18.2 Å². The molecular formula is C15H15F6NO3. The summed E-state index contributed by atoms with van der Waals surface area (Å²) in [5, 5.41) is 0. The average Bonchev–Trinajstić information content (AvgIpc) is 2.48. The van der Waals surface area contributed by atoms with Crippen molar-refractivity contribution in [2.45, 2.75) is 38.4 Å². The first kappa shape index (κ1) is 19.4. The maximum Gasteiger partial charge on any atom is 0.573 e. The Morgan fingerprint density at radius 3 is 2.52 bits per heavy atom. The first-order valence-electron chi connectivity index (χ1n) is 7.35. The lowest BCUT2D eigenvalue weighted by Crippen LogP contribution is -2.43. The van der Waals surface area contributed by atoms with E-state index < -0.39 is 36.9 Å². The lowest BCUT2D eigenvalue weighted by atomic mass is 10.0. The molecule has 0 spiro atoms. The highest BCUT2D eigenvalue weighted by atomic mass is 19.4. The standard InChI is InChI=1S/C15H15F6NO3/c1-9(24-8-14(16,17)18)13(23)22-6-2-3-10-7-11(4-5-12(10)22)25-15(19,20)21/h4-5,7,9H,2-3,6,8H2,1H3. The van der Waals surface area contributed by atoms with Crippen LogP contribution in [0.25, 0.3) is 0 Å². The highest BCUT2D eigenvalue weighted by Crippen LogP contribution is 2.33. The number of fused-ring (bicyclic) bond motifs is 1. The van der Waals surface area contributed by atoms with Gasteiger partial charge in [0, 0.05) is 12.2 Å². The van der Waals surface area contributed by atoms with Gasteiger partial charge in [-0.1, -0.05) is 0 Å². The molecule has 1 aliphatic heterocycles. The number of hydrogen-bond acceptors (Lipinski definition) is 3. The number of nitrogens with zero attached hydrogens (tertiary/aromatic N) is 1. The average molecular weight is 371 g/mol. The number of benzene rings is 1.